The number of benzene rings is 1. The van der Waals surface area contributed by atoms with Gasteiger partial charge in [0.05, 0.1) is 5.69 Å². The number of furan rings is 1. The third-order valence-corrected chi connectivity index (χ3v) is 4.92. The minimum absolute atomic E-state index is 0.145. The highest BCUT2D eigenvalue weighted by molar-refractivity contribution is 5.96. The number of nitrogens with zero attached hydrogens (tertiary/aromatic N) is 3. The van der Waals surface area contributed by atoms with Gasteiger partial charge in [-0.25, -0.2) is 0 Å². The molecule has 26 heavy (non-hydrogen) atoms. The lowest BCUT2D eigenvalue weighted by Gasteiger charge is -2.32. The standard InChI is InChI=1S/C20H22N4O2/c1-14-6-7-19(23-22-14)24-10-8-15(9-11-24)13-21-20(25)18-12-16-4-2-3-5-17(16)26-18/h2-7,12,15H,8-11,13H2,1H3,(H,21,25). The second-order valence-corrected chi connectivity index (χ2v) is 6.82. The van der Waals surface area contributed by atoms with E-state index in [-0.39, 0.29) is 5.91 Å². The fourth-order valence-electron chi connectivity index (χ4n) is 3.34. The summed E-state index contributed by atoms with van der Waals surface area (Å²) in [7, 11) is 0. The van der Waals surface area contributed by atoms with Crippen molar-refractivity contribution < 1.29 is 9.21 Å². The number of anilines is 1. The van der Waals surface area contributed by atoms with Gasteiger partial charge >= 0.3 is 0 Å². The summed E-state index contributed by atoms with van der Waals surface area (Å²) in [5.41, 5.74) is 1.67. The van der Waals surface area contributed by atoms with Crippen LogP contribution in [0.5, 0.6) is 0 Å². The number of piperidine rings is 1. The Morgan fingerprint density at radius 2 is 2.00 bits per heavy atom. The summed E-state index contributed by atoms with van der Waals surface area (Å²) in [6.07, 6.45) is 2.05. The molecule has 0 saturated carbocycles. The Morgan fingerprint density at radius 1 is 1.19 bits per heavy atom. The number of amides is 1. The van der Waals surface area contributed by atoms with Crippen LogP contribution in [-0.4, -0.2) is 35.7 Å². The van der Waals surface area contributed by atoms with Gasteiger partial charge < -0.3 is 14.6 Å². The zero-order valence-electron chi connectivity index (χ0n) is 14.8. The van der Waals surface area contributed by atoms with Crippen LogP contribution in [0.1, 0.15) is 29.1 Å². The normalized spacial score (nSPS) is 15.3. The van der Waals surface area contributed by atoms with E-state index in [4.69, 9.17) is 4.42 Å². The van der Waals surface area contributed by atoms with Crippen molar-refractivity contribution in [3.8, 4) is 0 Å². The largest absolute Gasteiger partial charge is 0.451 e. The first kappa shape index (κ1) is 16.6. The first-order chi connectivity index (χ1) is 12.7. The average molecular weight is 350 g/mol. The molecule has 134 valence electrons. The Hall–Kier alpha value is -2.89. The van der Waals surface area contributed by atoms with Gasteiger partial charge in [0.1, 0.15) is 5.58 Å². The van der Waals surface area contributed by atoms with Crippen molar-refractivity contribution in [2.45, 2.75) is 19.8 Å². The van der Waals surface area contributed by atoms with Gasteiger partial charge in [0.2, 0.25) is 0 Å². The van der Waals surface area contributed by atoms with Gasteiger partial charge in [0.25, 0.3) is 5.91 Å². The maximum absolute atomic E-state index is 12.3. The lowest BCUT2D eigenvalue weighted by atomic mass is 9.97. The van der Waals surface area contributed by atoms with E-state index in [2.05, 4.69) is 20.4 Å². The number of aromatic nitrogens is 2. The predicted octanol–water partition coefficient (Wildman–Crippen LogP) is 3.18. The number of fused-ring (bicyclic) bond motifs is 1. The molecule has 0 aliphatic carbocycles. The third kappa shape index (κ3) is 3.54. The second-order valence-electron chi connectivity index (χ2n) is 6.82. The molecule has 1 aromatic carbocycles. The minimum Gasteiger partial charge on any atom is -0.451 e. The third-order valence-electron chi connectivity index (χ3n) is 4.92. The zero-order valence-corrected chi connectivity index (χ0v) is 14.8. The van der Waals surface area contributed by atoms with Gasteiger partial charge in [-0.3, -0.25) is 4.79 Å². The van der Waals surface area contributed by atoms with E-state index in [1.807, 2.05) is 43.3 Å². The van der Waals surface area contributed by atoms with Crippen LogP contribution in [0.25, 0.3) is 11.0 Å². The Kier molecular flexibility index (Phi) is 4.56. The molecule has 0 atom stereocenters. The van der Waals surface area contributed by atoms with E-state index >= 15 is 0 Å². The molecule has 0 radical (unpaired) electrons. The van der Waals surface area contributed by atoms with Crippen LogP contribution in [0.3, 0.4) is 0 Å². The van der Waals surface area contributed by atoms with Crippen LogP contribution in [0.4, 0.5) is 5.82 Å². The van der Waals surface area contributed by atoms with Crippen LogP contribution in [0.15, 0.2) is 46.9 Å². The number of hydrogen-bond donors (Lipinski definition) is 1. The predicted molar refractivity (Wildman–Crippen MR) is 100 cm³/mol. The molecule has 4 rings (SSSR count). The number of carbonyl (C=O) groups excluding carboxylic acids is 1. The van der Waals surface area contributed by atoms with Gasteiger partial charge in [0.15, 0.2) is 11.6 Å². The number of aryl methyl sites for hydroxylation is 1. The molecule has 1 saturated heterocycles. The van der Waals surface area contributed by atoms with Crippen LogP contribution in [0.2, 0.25) is 0 Å². The maximum atomic E-state index is 12.3. The van der Waals surface area contributed by atoms with Crippen LogP contribution < -0.4 is 10.2 Å². The van der Waals surface area contributed by atoms with Crippen LogP contribution >= 0.6 is 0 Å². The molecule has 1 aliphatic rings. The van der Waals surface area contributed by atoms with Crippen molar-refractivity contribution in [3.63, 3.8) is 0 Å². The Labute approximate surface area is 152 Å². The van der Waals surface area contributed by atoms with E-state index in [1.54, 1.807) is 6.07 Å². The molecule has 0 bridgehead atoms. The van der Waals surface area contributed by atoms with Crippen molar-refractivity contribution in [3.05, 3.63) is 53.9 Å². The zero-order chi connectivity index (χ0) is 17.9. The molecule has 1 aliphatic heterocycles. The van der Waals surface area contributed by atoms with E-state index in [9.17, 15) is 4.79 Å². The Morgan fingerprint density at radius 3 is 2.73 bits per heavy atom. The van der Waals surface area contributed by atoms with Gasteiger partial charge in [-0.15, -0.1) is 5.10 Å². The topological polar surface area (TPSA) is 71.3 Å². The quantitative estimate of drug-likeness (QED) is 0.782. The number of nitrogens with one attached hydrogen (secondary N) is 1. The SMILES string of the molecule is Cc1ccc(N2CCC(CNC(=O)c3cc4ccccc4o3)CC2)nn1. The molecule has 2 aromatic heterocycles. The molecule has 6 nitrogen and oxygen atoms in total. The fraction of sp³-hybridized carbons (Fsp3) is 0.350. The lowest BCUT2D eigenvalue weighted by Crippen LogP contribution is -2.39. The lowest BCUT2D eigenvalue weighted by molar-refractivity contribution is 0.0919. The van der Waals surface area contributed by atoms with Crippen molar-refractivity contribution in [1.82, 2.24) is 15.5 Å². The molecule has 0 unspecified atom stereocenters. The van der Waals surface area contributed by atoms with E-state index in [1.165, 1.54) is 0 Å². The molecule has 3 aromatic rings. The highest BCUT2D eigenvalue weighted by Crippen LogP contribution is 2.22. The molecular formula is C20H22N4O2. The first-order valence-corrected chi connectivity index (χ1v) is 9.01. The average Bonchev–Trinajstić information content (AvgIpc) is 3.11. The molecule has 1 N–H and O–H groups in total. The highest BCUT2D eigenvalue weighted by Gasteiger charge is 2.21. The summed E-state index contributed by atoms with van der Waals surface area (Å²) in [6, 6.07) is 13.5. The number of rotatable bonds is 4. The number of para-hydroxylation sites is 1. The van der Waals surface area contributed by atoms with Crippen molar-refractivity contribution in [2.75, 3.05) is 24.5 Å². The molecule has 3 heterocycles. The molecule has 1 amide bonds. The van der Waals surface area contributed by atoms with E-state index in [0.29, 0.717) is 18.2 Å². The summed E-state index contributed by atoms with van der Waals surface area (Å²) in [5.74, 6) is 1.63. The van der Waals surface area contributed by atoms with Gasteiger partial charge in [0, 0.05) is 25.0 Å². The summed E-state index contributed by atoms with van der Waals surface area (Å²) in [5, 5.41) is 12.3. The van der Waals surface area contributed by atoms with Crippen molar-refractivity contribution in [2.24, 2.45) is 5.92 Å². The smallest absolute Gasteiger partial charge is 0.287 e. The monoisotopic (exact) mass is 350 g/mol. The maximum Gasteiger partial charge on any atom is 0.287 e. The van der Waals surface area contributed by atoms with E-state index < -0.39 is 0 Å². The first-order valence-electron chi connectivity index (χ1n) is 9.01. The van der Waals surface area contributed by atoms with Crippen molar-refractivity contribution in [1.29, 1.82) is 0 Å². The summed E-state index contributed by atoms with van der Waals surface area (Å²) < 4.78 is 5.62. The van der Waals surface area contributed by atoms with Crippen LogP contribution in [0, 0.1) is 12.8 Å². The van der Waals surface area contributed by atoms with Crippen LogP contribution in [-0.2, 0) is 0 Å². The summed E-state index contributed by atoms with van der Waals surface area (Å²) >= 11 is 0. The highest BCUT2D eigenvalue weighted by atomic mass is 16.3. The molecule has 1 fully saturated rings. The van der Waals surface area contributed by atoms with Gasteiger partial charge in [-0.2, -0.15) is 5.10 Å². The van der Waals surface area contributed by atoms with Crippen molar-refractivity contribution >= 4 is 22.7 Å². The molecule has 0 spiro atoms. The second kappa shape index (κ2) is 7.15. The summed E-state index contributed by atoms with van der Waals surface area (Å²) in [4.78, 5) is 14.6. The summed E-state index contributed by atoms with van der Waals surface area (Å²) in [6.45, 7) is 4.48. The Bertz CT molecular complexity index is 863. The Balaban J connectivity index is 1.29. The fourth-order valence-corrected chi connectivity index (χ4v) is 3.34. The number of hydrogen-bond acceptors (Lipinski definition) is 5. The van der Waals surface area contributed by atoms with Gasteiger partial charge in [-0.05, 0) is 49.9 Å². The van der Waals surface area contributed by atoms with Gasteiger partial charge in [-0.1, -0.05) is 18.2 Å². The minimum atomic E-state index is -0.145. The molecular weight excluding hydrogens is 328 g/mol. The number of carbonyl (C=O) groups is 1. The van der Waals surface area contributed by atoms with E-state index in [0.717, 1.165) is 48.4 Å². The molecule has 6 heteroatoms.